The summed E-state index contributed by atoms with van der Waals surface area (Å²) < 4.78 is 60.8. The van der Waals surface area contributed by atoms with Gasteiger partial charge >= 0.3 is 5.97 Å². The number of aliphatic carboxylic acids is 1. The number of ether oxygens (including phenoxy) is 1. The third-order valence-corrected chi connectivity index (χ3v) is 6.83. The lowest BCUT2D eigenvalue weighted by Crippen LogP contribution is -2.43. The lowest BCUT2D eigenvalue weighted by molar-refractivity contribution is -0.139. The molecule has 12 heteroatoms. The predicted molar refractivity (Wildman–Crippen MR) is 147 cm³/mol. The van der Waals surface area contributed by atoms with Crippen LogP contribution in [0.1, 0.15) is 63.1 Å². The number of nitrogens with one attached hydrogen (secondary N) is 1. The molecule has 3 aromatic rings. The summed E-state index contributed by atoms with van der Waals surface area (Å²) in [6.45, 7) is 7.19. The van der Waals surface area contributed by atoms with E-state index in [1.165, 1.54) is 10.9 Å². The fourth-order valence-electron chi connectivity index (χ4n) is 4.60. The van der Waals surface area contributed by atoms with Crippen LogP contribution < -0.4 is 15.6 Å². The number of carbonyl (C=O) groups excluding carboxylic acids is 1. The van der Waals surface area contributed by atoms with Crippen LogP contribution in [0.5, 0.6) is 5.75 Å². The molecule has 0 saturated heterocycles. The zero-order chi connectivity index (χ0) is 31.2. The highest BCUT2D eigenvalue weighted by Crippen LogP contribution is 2.27. The van der Waals surface area contributed by atoms with Crippen LogP contribution in [0.2, 0.25) is 0 Å². The summed E-state index contributed by atoms with van der Waals surface area (Å²) in [7, 11) is 0. The smallest absolute Gasteiger partial charge is 0.305 e. The second-order valence-electron chi connectivity index (χ2n) is 10.9. The molecule has 1 aromatic heterocycles. The fraction of sp³-hybridized carbons (Fsp3) is 0.400. The van der Waals surface area contributed by atoms with E-state index in [0.29, 0.717) is 12.0 Å². The van der Waals surface area contributed by atoms with Crippen molar-refractivity contribution in [2.75, 3.05) is 13.2 Å². The zero-order valence-electron chi connectivity index (χ0n) is 23.7. The van der Waals surface area contributed by atoms with Crippen LogP contribution >= 0.6 is 0 Å². The lowest BCUT2D eigenvalue weighted by atomic mass is 9.84. The molecule has 0 aliphatic heterocycles. The molecule has 0 radical (unpaired) electrons. The number of halogens is 4. The molecule has 0 fully saturated rings. The van der Waals surface area contributed by atoms with Gasteiger partial charge < -0.3 is 15.2 Å². The average molecular weight is 592 g/mol. The van der Waals surface area contributed by atoms with Crippen molar-refractivity contribution in [1.29, 1.82) is 0 Å². The minimum Gasteiger partial charge on any atom is -0.481 e. The average Bonchev–Trinajstić information content (AvgIpc) is 2.92. The maximum Gasteiger partial charge on any atom is 0.305 e. The van der Waals surface area contributed by atoms with Gasteiger partial charge in [0.05, 0.1) is 19.0 Å². The summed E-state index contributed by atoms with van der Waals surface area (Å²) in [6, 6.07) is 7.92. The molecule has 2 aromatic carbocycles. The molecular formula is C30H33F4N3O5. The molecule has 0 spiro atoms. The highest BCUT2D eigenvalue weighted by molar-refractivity contribution is 5.89. The van der Waals surface area contributed by atoms with Crippen LogP contribution in [0.25, 0.3) is 0 Å². The molecule has 226 valence electrons. The van der Waals surface area contributed by atoms with Gasteiger partial charge in [-0.1, -0.05) is 52.0 Å². The number of hydrogen-bond acceptors (Lipinski definition) is 6. The molecule has 2 N–H and O–H groups in total. The molecule has 0 aliphatic rings. The zero-order valence-corrected chi connectivity index (χ0v) is 23.7. The van der Waals surface area contributed by atoms with Gasteiger partial charge in [0.25, 0.3) is 5.56 Å². The Hall–Kier alpha value is -4.06. The Morgan fingerprint density at radius 2 is 1.71 bits per heavy atom. The van der Waals surface area contributed by atoms with E-state index >= 15 is 0 Å². The third-order valence-electron chi connectivity index (χ3n) is 6.83. The first kappa shape index (κ1) is 32.5. The van der Waals surface area contributed by atoms with E-state index in [2.05, 4.69) is 31.2 Å². The van der Waals surface area contributed by atoms with Gasteiger partial charge in [-0.05, 0) is 29.0 Å². The molecule has 2 atom stereocenters. The van der Waals surface area contributed by atoms with Gasteiger partial charge in [-0.3, -0.25) is 14.4 Å². The second-order valence-corrected chi connectivity index (χ2v) is 10.9. The number of ketones is 1. The summed E-state index contributed by atoms with van der Waals surface area (Å²) in [6.07, 6.45) is 1.22. The van der Waals surface area contributed by atoms with Gasteiger partial charge in [-0.2, -0.15) is 13.9 Å². The van der Waals surface area contributed by atoms with Gasteiger partial charge in [0, 0.05) is 30.3 Å². The van der Waals surface area contributed by atoms with Crippen molar-refractivity contribution in [3.8, 4) is 5.75 Å². The first-order chi connectivity index (χ1) is 19.7. The number of Topliss-reactive ketones (excluding diaryl/α,β-unsaturated/α-hetero) is 1. The van der Waals surface area contributed by atoms with Crippen molar-refractivity contribution in [3.63, 3.8) is 0 Å². The van der Waals surface area contributed by atoms with Gasteiger partial charge in [0.15, 0.2) is 23.2 Å². The summed E-state index contributed by atoms with van der Waals surface area (Å²) in [5, 5.41) is 16.3. The van der Waals surface area contributed by atoms with E-state index in [9.17, 15) is 37.1 Å². The number of rotatable bonds is 13. The number of carboxylic acid groups (broad SMARTS) is 1. The van der Waals surface area contributed by atoms with E-state index in [0.717, 1.165) is 11.1 Å². The van der Waals surface area contributed by atoms with Crippen molar-refractivity contribution in [1.82, 2.24) is 15.1 Å². The van der Waals surface area contributed by atoms with E-state index in [4.69, 9.17) is 4.74 Å². The maximum absolute atomic E-state index is 13.9. The normalized spacial score (nSPS) is 13.0. The first-order valence-electron chi connectivity index (χ1n) is 13.3. The Balaban J connectivity index is 1.78. The predicted octanol–water partition coefficient (Wildman–Crippen LogP) is 4.72. The van der Waals surface area contributed by atoms with E-state index in [1.807, 2.05) is 31.2 Å². The standard InChI is InChI=1S/C30H33F4N3O5/c1-5-17(19-10-11-36-37(29(19)41)15-18-8-6-7-9-20(18)30(2,3)4)14-35-23(13-25(39)40)24(38)16-42-28-26(33)21(31)12-22(32)27(28)34/h6-12,17,23,35H,5,13-16H2,1-4H3,(H,39,40)/t17-,23+/m1/s1. The number of carboxylic acids is 1. The molecular weight excluding hydrogens is 558 g/mol. The lowest BCUT2D eigenvalue weighted by Gasteiger charge is -2.23. The van der Waals surface area contributed by atoms with Crippen LogP contribution in [0, 0.1) is 23.3 Å². The quantitative estimate of drug-likeness (QED) is 0.219. The maximum atomic E-state index is 13.9. The third kappa shape index (κ3) is 7.81. The molecule has 0 amide bonds. The molecule has 1 heterocycles. The Bertz CT molecular complexity index is 1480. The summed E-state index contributed by atoms with van der Waals surface area (Å²) in [5.41, 5.74) is 1.88. The van der Waals surface area contributed by atoms with E-state index in [1.54, 1.807) is 6.07 Å². The number of benzene rings is 2. The Kier molecular flexibility index (Phi) is 10.6. The fourth-order valence-corrected chi connectivity index (χ4v) is 4.60. The minimum atomic E-state index is -1.82. The Morgan fingerprint density at radius 3 is 2.31 bits per heavy atom. The number of nitrogens with zero attached hydrogens (tertiary/aromatic N) is 2. The molecule has 0 bridgehead atoms. The summed E-state index contributed by atoms with van der Waals surface area (Å²) in [4.78, 5) is 37.6. The summed E-state index contributed by atoms with van der Waals surface area (Å²) in [5.74, 6) is -11.2. The van der Waals surface area contributed by atoms with Crippen molar-refractivity contribution in [2.24, 2.45) is 0 Å². The Labute approximate surface area is 240 Å². The van der Waals surface area contributed by atoms with Crippen molar-refractivity contribution < 1.29 is 37.0 Å². The monoisotopic (exact) mass is 591 g/mol. The van der Waals surface area contributed by atoms with Gasteiger partial charge in [0.1, 0.15) is 6.61 Å². The summed E-state index contributed by atoms with van der Waals surface area (Å²) >= 11 is 0. The van der Waals surface area contributed by atoms with Crippen molar-refractivity contribution in [3.05, 3.63) is 92.9 Å². The Morgan fingerprint density at radius 1 is 1.07 bits per heavy atom. The van der Waals surface area contributed by atoms with Gasteiger partial charge in [-0.25, -0.2) is 13.5 Å². The largest absolute Gasteiger partial charge is 0.481 e. The van der Waals surface area contributed by atoms with Crippen LogP contribution in [-0.2, 0) is 21.5 Å². The van der Waals surface area contributed by atoms with Gasteiger partial charge in [0.2, 0.25) is 11.6 Å². The molecule has 3 rings (SSSR count). The highest BCUT2D eigenvalue weighted by Gasteiger charge is 2.27. The van der Waals surface area contributed by atoms with Crippen LogP contribution in [0.15, 0.2) is 47.4 Å². The topological polar surface area (TPSA) is 111 Å². The van der Waals surface area contributed by atoms with Gasteiger partial charge in [-0.15, -0.1) is 0 Å². The van der Waals surface area contributed by atoms with Crippen LogP contribution in [0.3, 0.4) is 0 Å². The molecule has 8 nitrogen and oxygen atoms in total. The minimum absolute atomic E-state index is 0.00452. The number of carbonyl (C=O) groups is 2. The van der Waals surface area contributed by atoms with E-state index < -0.39 is 65.8 Å². The highest BCUT2D eigenvalue weighted by atomic mass is 19.2. The van der Waals surface area contributed by atoms with E-state index in [-0.39, 0.29) is 30.1 Å². The first-order valence-corrected chi connectivity index (χ1v) is 13.3. The van der Waals surface area contributed by atoms with Crippen LogP contribution in [-0.4, -0.2) is 45.8 Å². The SMILES string of the molecule is CC[C@H](CN[C@@H](CC(=O)O)C(=O)COc1c(F)c(F)cc(F)c1F)c1ccnn(Cc2ccccc2C(C)(C)C)c1=O. The van der Waals surface area contributed by atoms with Crippen LogP contribution in [0.4, 0.5) is 17.6 Å². The second kappa shape index (κ2) is 13.7. The van der Waals surface area contributed by atoms with Crippen molar-refractivity contribution in [2.45, 2.75) is 64.5 Å². The number of hydrogen-bond donors (Lipinski definition) is 2. The molecule has 0 saturated carbocycles. The molecule has 0 unspecified atom stereocenters. The number of aromatic nitrogens is 2. The molecule has 0 aliphatic carbocycles. The van der Waals surface area contributed by atoms with Crippen molar-refractivity contribution >= 4 is 11.8 Å². The molecule has 42 heavy (non-hydrogen) atoms.